The van der Waals surface area contributed by atoms with Crippen molar-refractivity contribution in [1.82, 2.24) is 5.32 Å². The summed E-state index contributed by atoms with van der Waals surface area (Å²) < 4.78 is 18.0. The fourth-order valence-corrected chi connectivity index (χ4v) is 1.76. The predicted molar refractivity (Wildman–Crippen MR) is 69.0 cm³/mol. The van der Waals surface area contributed by atoms with E-state index in [9.17, 15) is 4.39 Å². The molecule has 0 bridgehead atoms. The number of likely N-dealkylation sites (N-methyl/N-ethyl adjacent to an activating group) is 2. The fourth-order valence-electron chi connectivity index (χ4n) is 1.76. The third kappa shape index (κ3) is 4.32. The Balaban J connectivity index is 2.67. The summed E-state index contributed by atoms with van der Waals surface area (Å²) in [6.07, 6.45) is 0. The lowest BCUT2D eigenvalue weighted by atomic mass is 10.2. The average Bonchev–Trinajstić information content (AvgIpc) is 2.36. The zero-order chi connectivity index (χ0) is 12.7. The van der Waals surface area contributed by atoms with E-state index in [1.165, 1.54) is 12.1 Å². The fraction of sp³-hybridized carbons (Fsp3) is 0.538. The molecule has 0 radical (unpaired) electrons. The van der Waals surface area contributed by atoms with E-state index in [-0.39, 0.29) is 11.9 Å². The van der Waals surface area contributed by atoms with Crippen LogP contribution in [0.15, 0.2) is 24.3 Å². The summed E-state index contributed by atoms with van der Waals surface area (Å²) >= 11 is 0. The van der Waals surface area contributed by atoms with Gasteiger partial charge in [-0.1, -0.05) is 0 Å². The normalized spacial score (nSPS) is 12.5. The lowest BCUT2D eigenvalue weighted by Crippen LogP contribution is -2.42. The number of hydrogen-bond donors (Lipinski definition) is 1. The number of methoxy groups -OCH3 is 1. The minimum Gasteiger partial charge on any atom is -0.383 e. The van der Waals surface area contributed by atoms with Crippen molar-refractivity contribution in [2.24, 2.45) is 0 Å². The van der Waals surface area contributed by atoms with Gasteiger partial charge in [-0.25, -0.2) is 4.39 Å². The first-order valence-electron chi connectivity index (χ1n) is 5.88. The van der Waals surface area contributed by atoms with Gasteiger partial charge >= 0.3 is 0 Å². The van der Waals surface area contributed by atoms with Crippen LogP contribution in [0.1, 0.15) is 6.92 Å². The van der Waals surface area contributed by atoms with E-state index < -0.39 is 0 Å². The number of benzene rings is 1. The van der Waals surface area contributed by atoms with Crippen molar-refractivity contribution in [3.05, 3.63) is 30.1 Å². The number of nitrogens with zero attached hydrogens (tertiary/aromatic N) is 1. The summed E-state index contributed by atoms with van der Waals surface area (Å²) in [4.78, 5) is 2.19. The molecule has 0 heterocycles. The largest absolute Gasteiger partial charge is 0.383 e. The number of ether oxygens (including phenoxy) is 1. The van der Waals surface area contributed by atoms with Crippen LogP contribution in [-0.2, 0) is 4.74 Å². The summed E-state index contributed by atoms with van der Waals surface area (Å²) in [5.41, 5.74) is 1.03. The standard InChI is InChI=1S/C13H21FN2O/c1-4-16(9-12(15-2)10-17-3)13-7-5-11(14)6-8-13/h5-8,12,15H,4,9-10H2,1-3H3. The summed E-state index contributed by atoms with van der Waals surface area (Å²) in [6.45, 7) is 4.47. The molecule has 1 aromatic rings. The van der Waals surface area contributed by atoms with Gasteiger partial charge in [0.25, 0.3) is 0 Å². The van der Waals surface area contributed by atoms with Crippen molar-refractivity contribution in [3.8, 4) is 0 Å². The first kappa shape index (κ1) is 13.9. The highest BCUT2D eigenvalue weighted by Gasteiger charge is 2.11. The molecular weight excluding hydrogens is 219 g/mol. The van der Waals surface area contributed by atoms with Gasteiger partial charge in [0.05, 0.1) is 6.61 Å². The Hall–Kier alpha value is -1.13. The van der Waals surface area contributed by atoms with Crippen LogP contribution in [0.4, 0.5) is 10.1 Å². The van der Waals surface area contributed by atoms with Crippen LogP contribution in [-0.4, -0.2) is 39.9 Å². The second kappa shape index (κ2) is 7.25. The van der Waals surface area contributed by atoms with Crippen LogP contribution in [0.3, 0.4) is 0 Å². The molecule has 17 heavy (non-hydrogen) atoms. The van der Waals surface area contributed by atoms with Gasteiger partial charge in [0, 0.05) is 31.9 Å². The van der Waals surface area contributed by atoms with Gasteiger partial charge in [0.15, 0.2) is 0 Å². The molecule has 1 N–H and O–H groups in total. The molecule has 0 saturated heterocycles. The van der Waals surface area contributed by atoms with Crippen LogP contribution in [0.5, 0.6) is 0 Å². The molecule has 0 fully saturated rings. The Labute approximate surface area is 103 Å². The first-order valence-corrected chi connectivity index (χ1v) is 5.88. The van der Waals surface area contributed by atoms with Gasteiger partial charge in [0.1, 0.15) is 5.82 Å². The van der Waals surface area contributed by atoms with E-state index in [2.05, 4.69) is 17.1 Å². The minimum atomic E-state index is -0.202. The van der Waals surface area contributed by atoms with E-state index >= 15 is 0 Å². The Morgan fingerprint density at radius 3 is 2.47 bits per heavy atom. The first-order chi connectivity index (χ1) is 8.21. The summed E-state index contributed by atoms with van der Waals surface area (Å²) in [6, 6.07) is 6.85. The lowest BCUT2D eigenvalue weighted by Gasteiger charge is -2.28. The van der Waals surface area contributed by atoms with Crippen LogP contribution in [0.25, 0.3) is 0 Å². The van der Waals surface area contributed by atoms with Gasteiger partial charge in [-0.2, -0.15) is 0 Å². The van der Waals surface area contributed by atoms with Crippen LogP contribution in [0.2, 0.25) is 0 Å². The third-order valence-corrected chi connectivity index (χ3v) is 2.79. The number of anilines is 1. The summed E-state index contributed by atoms with van der Waals surface area (Å²) in [5, 5.41) is 3.21. The number of nitrogens with one attached hydrogen (secondary N) is 1. The molecule has 0 saturated carbocycles. The minimum absolute atomic E-state index is 0.202. The topological polar surface area (TPSA) is 24.5 Å². The highest BCUT2D eigenvalue weighted by atomic mass is 19.1. The van der Waals surface area contributed by atoms with Crippen molar-refractivity contribution >= 4 is 5.69 Å². The molecule has 0 aliphatic rings. The summed E-state index contributed by atoms with van der Waals surface area (Å²) in [5.74, 6) is -0.202. The Morgan fingerprint density at radius 2 is 2.00 bits per heavy atom. The molecule has 0 aromatic heterocycles. The van der Waals surface area contributed by atoms with Gasteiger partial charge in [-0.05, 0) is 38.2 Å². The highest BCUT2D eigenvalue weighted by molar-refractivity contribution is 5.46. The van der Waals surface area contributed by atoms with E-state index in [0.29, 0.717) is 6.61 Å². The van der Waals surface area contributed by atoms with E-state index in [4.69, 9.17) is 4.74 Å². The van der Waals surface area contributed by atoms with Crippen molar-refractivity contribution in [1.29, 1.82) is 0 Å². The second-order valence-electron chi connectivity index (χ2n) is 3.96. The molecule has 0 spiro atoms. The van der Waals surface area contributed by atoms with Gasteiger partial charge in [0.2, 0.25) is 0 Å². The number of rotatable bonds is 7. The zero-order valence-electron chi connectivity index (χ0n) is 10.7. The molecule has 0 aliphatic carbocycles. The van der Waals surface area contributed by atoms with E-state index in [1.807, 2.05) is 7.05 Å². The smallest absolute Gasteiger partial charge is 0.123 e. The number of hydrogen-bond acceptors (Lipinski definition) is 3. The molecule has 1 atom stereocenters. The van der Waals surface area contributed by atoms with Crippen LogP contribution < -0.4 is 10.2 Å². The maximum Gasteiger partial charge on any atom is 0.123 e. The van der Waals surface area contributed by atoms with Crippen LogP contribution >= 0.6 is 0 Å². The monoisotopic (exact) mass is 240 g/mol. The molecule has 1 unspecified atom stereocenters. The van der Waals surface area contributed by atoms with Crippen molar-refractivity contribution < 1.29 is 9.13 Å². The Bertz CT molecular complexity index is 316. The van der Waals surface area contributed by atoms with Gasteiger partial charge < -0.3 is 15.0 Å². The molecule has 0 aliphatic heterocycles. The second-order valence-corrected chi connectivity index (χ2v) is 3.96. The Morgan fingerprint density at radius 1 is 1.35 bits per heavy atom. The van der Waals surface area contributed by atoms with Crippen molar-refractivity contribution in [2.75, 3.05) is 38.8 Å². The lowest BCUT2D eigenvalue weighted by molar-refractivity contribution is 0.171. The summed E-state index contributed by atoms with van der Waals surface area (Å²) in [7, 11) is 3.61. The molecular formula is C13H21FN2O. The quantitative estimate of drug-likeness (QED) is 0.787. The third-order valence-electron chi connectivity index (χ3n) is 2.79. The maximum absolute atomic E-state index is 12.9. The zero-order valence-corrected chi connectivity index (χ0v) is 10.7. The average molecular weight is 240 g/mol. The molecule has 3 nitrogen and oxygen atoms in total. The molecule has 1 rings (SSSR count). The van der Waals surface area contributed by atoms with Crippen molar-refractivity contribution in [3.63, 3.8) is 0 Å². The molecule has 0 amide bonds. The Kier molecular flexibility index (Phi) is 5.94. The molecule has 4 heteroatoms. The predicted octanol–water partition coefficient (Wildman–Crippen LogP) is 1.89. The highest BCUT2D eigenvalue weighted by Crippen LogP contribution is 2.14. The van der Waals surface area contributed by atoms with Crippen molar-refractivity contribution in [2.45, 2.75) is 13.0 Å². The SMILES string of the molecule is CCN(CC(COC)NC)c1ccc(F)cc1. The van der Waals surface area contributed by atoms with E-state index in [1.54, 1.807) is 19.2 Å². The molecule has 96 valence electrons. The van der Waals surface area contributed by atoms with E-state index in [0.717, 1.165) is 18.8 Å². The maximum atomic E-state index is 12.9. The van der Waals surface area contributed by atoms with Gasteiger partial charge in [-0.15, -0.1) is 0 Å². The van der Waals surface area contributed by atoms with Crippen LogP contribution in [0, 0.1) is 5.82 Å². The molecule has 1 aromatic carbocycles. The number of halogens is 1. The van der Waals surface area contributed by atoms with Gasteiger partial charge in [-0.3, -0.25) is 0 Å².